The van der Waals surface area contributed by atoms with Gasteiger partial charge in [0.05, 0.1) is 5.00 Å². The summed E-state index contributed by atoms with van der Waals surface area (Å²) in [6.07, 6.45) is 15.7. The van der Waals surface area contributed by atoms with Gasteiger partial charge in [0.25, 0.3) is 0 Å². The maximum atomic E-state index is 6.57. The van der Waals surface area contributed by atoms with Crippen molar-refractivity contribution in [2.24, 2.45) is 5.73 Å². The number of unbranched alkanes of at least 4 members (excludes halogenated alkanes) is 9. The number of benzene rings is 2. The van der Waals surface area contributed by atoms with Gasteiger partial charge in [-0.15, -0.1) is 22.7 Å². The summed E-state index contributed by atoms with van der Waals surface area (Å²) in [6, 6.07) is 14.3. The third-order valence-electron chi connectivity index (χ3n) is 6.94. The van der Waals surface area contributed by atoms with Crippen molar-refractivity contribution >= 4 is 58.6 Å². The summed E-state index contributed by atoms with van der Waals surface area (Å²) in [6.45, 7) is 5.62. The van der Waals surface area contributed by atoms with E-state index >= 15 is 0 Å². The highest BCUT2D eigenvalue weighted by molar-refractivity contribution is 7.22. The van der Waals surface area contributed by atoms with E-state index in [-0.39, 0.29) is 6.04 Å². The van der Waals surface area contributed by atoms with Crippen molar-refractivity contribution in [2.75, 3.05) is 11.9 Å². The second-order valence-electron chi connectivity index (χ2n) is 9.89. The average Bonchev–Trinajstić information content (AvgIpc) is 3.43. The fraction of sp³-hybridized carbons (Fsp3) is 0.533. The summed E-state index contributed by atoms with van der Waals surface area (Å²) in [5, 5.41) is 10.3. The van der Waals surface area contributed by atoms with Crippen LogP contribution in [0.2, 0.25) is 0 Å². The molecule has 0 fully saturated rings. The minimum atomic E-state index is 0.172. The lowest BCUT2D eigenvalue weighted by Gasteiger charge is -2.08. The molecule has 3 N–H and O–H groups in total. The minimum Gasteiger partial charge on any atom is -0.377 e. The molecule has 0 aliphatic rings. The van der Waals surface area contributed by atoms with E-state index in [4.69, 9.17) is 5.73 Å². The molecule has 2 nitrogen and oxygen atoms in total. The Balaban J connectivity index is 1.40. The third-order valence-corrected chi connectivity index (χ3v) is 9.23. The molecule has 4 heteroatoms. The zero-order valence-corrected chi connectivity index (χ0v) is 22.8. The zero-order chi connectivity index (χ0) is 23.8. The summed E-state index contributed by atoms with van der Waals surface area (Å²) in [5.41, 5.74) is 6.57. The monoisotopic (exact) mass is 494 g/mol. The molecule has 0 aliphatic carbocycles. The first kappa shape index (κ1) is 25.5. The highest BCUT2D eigenvalue weighted by atomic mass is 32.1. The molecule has 0 radical (unpaired) electrons. The van der Waals surface area contributed by atoms with E-state index in [1.807, 2.05) is 22.7 Å². The Labute approximate surface area is 213 Å². The molecule has 0 amide bonds. The maximum Gasteiger partial charge on any atom is 0.0894 e. The van der Waals surface area contributed by atoms with E-state index in [1.54, 1.807) is 0 Å². The van der Waals surface area contributed by atoms with Gasteiger partial charge in [-0.05, 0) is 70.8 Å². The highest BCUT2D eigenvalue weighted by Gasteiger charge is 2.12. The van der Waals surface area contributed by atoms with Gasteiger partial charge in [-0.2, -0.15) is 0 Å². The van der Waals surface area contributed by atoms with Crippen LogP contribution in [-0.4, -0.2) is 6.54 Å². The fourth-order valence-corrected chi connectivity index (χ4v) is 6.99. The molecule has 2 aromatic carbocycles. The maximum absolute atomic E-state index is 6.57. The normalized spacial score (nSPS) is 12.8. The molecule has 0 aliphatic heterocycles. The minimum absolute atomic E-state index is 0.172. The van der Waals surface area contributed by atoms with Gasteiger partial charge in [0, 0.05) is 26.9 Å². The molecule has 0 spiro atoms. The number of nitrogens with two attached hydrogens (primary N) is 1. The molecule has 0 saturated carbocycles. The van der Waals surface area contributed by atoms with Gasteiger partial charge in [0.15, 0.2) is 0 Å². The lowest BCUT2D eigenvalue weighted by atomic mass is 10.0. The molecular weight excluding hydrogens is 452 g/mol. The predicted octanol–water partition coefficient (Wildman–Crippen LogP) is 10.4. The van der Waals surface area contributed by atoms with Crippen LogP contribution in [0.1, 0.15) is 102 Å². The molecule has 184 valence electrons. The first-order chi connectivity index (χ1) is 16.7. The van der Waals surface area contributed by atoms with Gasteiger partial charge >= 0.3 is 0 Å². The molecule has 0 bridgehead atoms. The quantitative estimate of drug-likeness (QED) is 0.161. The second-order valence-corrected chi connectivity index (χ2v) is 12.1. The molecule has 34 heavy (non-hydrogen) atoms. The summed E-state index contributed by atoms with van der Waals surface area (Å²) < 4.78 is 2.73. The van der Waals surface area contributed by atoms with Gasteiger partial charge in [0.2, 0.25) is 0 Å². The molecule has 4 aromatic rings. The molecule has 4 rings (SSSR count). The van der Waals surface area contributed by atoms with Crippen molar-refractivity contribution in [1.29, 1.82) is 0 Å². The Morgan fingerprint density at radius 1 is 0.647 bits per heavy atom. The lowest BCUT2D eigenvalue weighted by Crippen LogP contribution is -2.08. The van der Waals surface area contributed by atoms with Gasteiger partial charge < -0.3 is 11.1 Å². The number of fused-ring (bicyclic) bond motifs is 3. The summed E-state index contributed by atoms with van der Waals surface area (Å²) >= 11 is 3.77. The van der Waals surface area contributed by atoms with Gasteiger partial charge in [-0.3, -0.25) is 0 Å². The van der Waals surface area contributed by atoms with E-state index in [2.05, 4.69) is 55.6 Å². The number of nitrogens with one attached hydrogen (secondary N) is 1. The molecule has 0 saturated heterocycles. The van der Waals surface area contributed by atoms with Crippen LogP contribution in [0.4, 0.5) is 5.00 Å². The molecular formula is C30H42N2S2. The molecule has 1 atom stereocenters. The average molecular weight is 495 g/mol. The van der Waals surface area contributed by atoms with E-state index < -0.39 is 0 Å². The number of hydrogen-bond donors (Lipinski definition) is 2. The van der Waals surface area contributed by atoms with Crippen molar-refractivity contribution in [3.8, 4) is 0 Å². The Morgan fingerprint density at radius 3 is 1.94 bits per heavy atom. The van der Waals surface area contributed by atoms with Crippen LogP contribution in [0.5, 0.6) is 0 Å². The van der Waals surface area contributed by atoms with Crippen LogP contribution in [0.3, 0.4) is 0 Å². The van der Waals surface area contributed by atoms with E-state index in [9.17, 15) is 0 Å². The van der Waals surface area contributed by atoms with Crippen LogP contribution in [0.25, 0.3) is 30.9 Å². The standard InChI is InChI=1S/C30H42N2S2/c1-3-5-7-9-11-13-15-32-30-21-25-17-23-18-27-24(16-22(23)19-28(25)34-30)20-29(33-27)26(31)14-12-10-8-6-4-2/h16-21,26,32H,3-15,31H2,1-2H3. The first-order valence-corrected chi connectivity index (χ1v) is 15.2. The SMILES string of the molecule is CCCCCCCCNc1cc2cc3cc4sc(C(N)CCCCCCC)cc4cc3cc2s1. The number of rotatable bonds is 15. The molecule has 2 aromatic heterocycles. The van der Waals surface area contributed by atoms with E-state index in [1.165, 1.54) is 111 Å². The van der Waals surface area contributed by atoms with E-state index in [0.717, 1.165) is 13.0 Å². The first-order valence-electron chi connectivity index (χ1n) is 13.6. The van der Waals surface area contributed by atoms with Crippen molar-refractivity contribution in [1.82, 2.24) is 0 Å². The van der Waals surface area contributed by atoms with Gasteiger partial charge in [-0.25, -0.2) is 0 Å². The van der Waals surface area contributed by atoms with Crippen molar-refractivity contribution in [3.05, 3.63) is 41.3 Å². The zero-order valence-electron chi connectivity index (χ0n) is 21.1. The summed E-state index contributed by atoms with van der Waals surface area (Å²) in [7, 11) is 0. The van der Waals surface area contributed by atoms with E-state index in [0.29, 0.717) is 0 Å². The highest BCUT2D eigenvalue weighted by Crippen LogP contribution is 2.37. The third kappa shape index (κ3) is 6.74. The van der Waals surface area contributed by atoms with Gasteiger partial charge in [-0.1, -0.05) is 78.1 Å². The van der Waals surface area contributed by atoms with Crippen molar-refractivity contribution in [3.63, 3.8) is 0 Å². The van der Waals surface area contributed by atoms with Crippen LogP contribution >= 0.6 is 22.7 Å². The predicted molar refractivity (Wildman–Crippen MR) is 157 cm³/mol. The Bertz CT molecular complexity index is 1100. The second kappa shape index (κ2) is 12.9. The number of anilines is 1. The Kier molecular flexibility index (Phi) is 9.67. The molecule has 2 heterocycles. The van der Waals surface area contributed by atoms with Crippen LogP contribution < -0.4 is 11.1 Å². The largest absolute Gasteiger partial charge is 0.377 e. The van der Waals surface area contributed by atoms with Crippen LogP contribution in [0, 0.1) is 0 Å². The number of hydrogen-bond acceptors (Lipinski definition) is 4. The summed E-state index contributed by atoms with van der Waals surface area (Å²) in [4.78, 5) is 1.34. The smallest absolute Gasteiger partial charge is 0.0894 e. The number of thiophene rings is 2. The van der Waals surface area contributed by atoms with Gasteiger partial charge in [0.1, 0.15) is 0 Å². The Hall–Kier alpha value is -1.62. The van der Waals surface area contributed by atoms with Crippen molar-refractivity contribution < 1.29 is 0 Å². The topological polar surface area (TPSA) is 38.0 Å². The van der Waals surface area contributed by atoms with Crippen molar-refractivity contribution in [2.45, 2.75) is 96.9 Å². The Morgan fingerprint density at radius 2 is 1.24 bits per heavy atom. The van der Waals surface area contributed by atoms with Crippen LogP contribution in [-0.2, 0) is 0 Å². The molecule has 1 unspecified atom stereocenters. The van der Waals surface area contributed by atoms with Crippen LogP contribution in [0.15, 0.2) is 36.4 Å². The lowest BCUT2D eigenvalue weighted by molar-refractivity contribution is 0.560. The summed E-state index contributed by atoms with van der Waals surface area (Å²) in [5.74, 6) is 0. The fourth-order valence-electron chi connectivity index (χ4n) is 4.84.